The Bertz CT molecular complexity index is 710. The number of benzene rings is 2. The molecule has 0 atom stereocenters. The molecular formula is C17H15IO5. The first-order valence-corrected chi connectivity index (χ1v) is 7.94. The average molecular weight is 426 g/mol. The summed E-state index contributed by atoms with van der Waals surface area (Å²) in [6.07, 6.45) is 0.722. The molecule has 0 aromatic heterocycles. The molecule has 0 radical (unpaired) electrons. The average Bonchev–Trinajstić information content (AvgIpc) is 2.57. The van der Waals surface area contributed by atoms with E-state index in [0.29, 0.717) is 38.6 Å². The summed E-state index contributed by atoms with van der Waals surface area (Å²) in [7, 11) is 1.55. The molecule has 120 valence electrons. The van der Waals surface area contributed by atoms with Crippen molar-refractivity contribution in [3.8, 4) is 17.2 Å². The minimum absolute atomic E-state index is 0.305. The smallest absolute Gasteiger partial charge is 0.343 e. The van der Waals surface area contributed by atoms with E-state index in [4.69, 9.17) is 14.2 Å². The van der Waals surface area contributed by atoms with Crippen LogP contribution >= 0.6 is 22.6 Å². The quantitative estimate of drug-likeness (QED) is 0.305. The molecule has 0 fully saturated rings. The molecule has 2 aromatic rings. The van der Waals surface area contributed by atoms with E-state index in [1.165, 1.54) is 0 Å². The van der Waals surface area contributed by atoms with Crippen molar-refractivity contribution in [2.75, 3.05) is 13.7 Å². The van der Waals surface area contributed by atoms with Gasteiger partial charge >= 0.3 is 5.97 Å². The molecule has 23 heavy (non-hydrogen) atoms. The van der Waals surface area contributed by atoms with Crippen molar-refractivity contribution in [3.63, 3.8) is 0 Å². The van der Waals surface area contributed by atoms with Crippen LogP contribution in [0.5, 0.6) is 17.2 Å². The molecule has 5 nitrogen and oxygen atoms in total. The molecule has 2 aromatic carbocycles. The molecule has 0 spiro atoms. The number of ether oxygens (including phenoxy) is 3. The lowest BCUT2D eigenvalue weighted by Gasteiger charge is -2.13. The van der Waals surface area contributed by atoms with E-state index >= 15 is 0 Å². The van der Waals surface area contributed by atoms with Crippen molar-refractivity contribution in [1.82, 2.24) is 0 Å². The van der Waals surface area contributed by atoms with E-state index in [2.05, 4.69) is 0 Å². The summed E-state index contributed by atoms with van der Waals surface area (Å²) in [5, 5.41) is 0. The van der Waals surface area contributed by atoms with Gasteiger partial charge in [0, 0.05) is 5.56 Å². The zero-order chi connectivity index (χ0) is 16.8. The number of halogens is 1. The number of methoxy groups -OCH3 is 1. The van der Waals surface area contributed by atoms with E-state index in [9.17, 15) is 9.59 Å². The zero-order valence-corrected chi connectivity index (χ0v) is 14.8. The maximum atomic E-state index is 12.3. The van der Waals surface area contributed by atoms with Gasteiger partial charge in [0.2, 0.25) is 0 Å². The van der Waals surface area contributed by atoms with Crippen molar-refractivity contribution < 1.29 is 23.8 Å². The maximum Gasteiger partial charge on any atom is 0.343 e. The van der Waals surface area contributed by atoms with Crippen LogP contribution in [0.25, 0.3) is 0 Å². The van der Waals surface area contributed by atoms with Crippen LogP contribution in [0.15, 0.2) is 36.4 Å². The largest absolute Gasteiger partial charge is 0.497 e. The summed E-state index contributed by atoms with van der Waals surface area (Å²) in [6.45, 7) is 2.21. The summed E-state index contributed by atoms with van der Waals surface area (Å²) in [6, 6.07) is 9.78. The number of hydrogen-bond donors (Lipinski definition) is 0. The molecule has 0 amide bonds. The van der Waals surface area contributed by atoms with Gasteiger partial charge in [-0.05, 0) is 65.9 Å². The molecule has 0 saturated heterocycles. The minimum Gasteiger partial charge on any atom is -0.497 e. The molecule has 0 aliphatic rings. The van der Waals surface area contributed by atoms with Crippen LogP contribution in [-0.4, -0.2) is 26.0 Å². The van der Waals surface area contributed by atoms with E-state index in [0.717, 1.165) is 6.29 Å². The number of esters is 1. The predicted octanol–water partition coefficient (Wildman–Crippen LogP) is 3.73. The zero-order valence-electron chi connectivity index (χ0n) is 12.7. The Balaban J connectivity index is 2.30. The highest BCUT2D eigenvalue weighted by molar-refractivity contribution is 14.1. The first-order valence-electron chi connectivity index (χ1n) is 6.86. The molecule has 0 aliphatic carbocycles. The van der Waals surface area contributed by atoms with E-state index in [-0.39, 0.29) is 0 Å². The van der Waals surface area contributed by atoms with E-state index in [1.54, 1.807) is 43.5 Å². The third-order valence-electron chi connectivity index (χ3n) is 2.99. The molecular weight excluding hydrogens is 411 g/mol. The molecule has 0 saturated carbocycles. The van der Waals surface area contributed by atoms with Crippen molar-refractivity contribution in [3.05, 3.63) is 51.1 Å². The van der Waals surface area contributed by atoms with Gasteiger partial charge in [0.15, 0.2) is 11.5 Å². The van der Waals surface area contributed by atoms with Gasteiger partial charge in [0.25, 0.3) is 0 Å². The van der Waals surface area contributed by atoms with Crippen LogP contribution in [-0.2, 0) is 0 Å². The molecule has 0 aliphatic heterocycles. The Hall–Kier alpha value is -2.09. The van der Waals surface area contributed by atoms with Crippen molar-refractivity contribution in [2.24, 2.45) is 0 Å². The standard InChI is InChI=1S/C17H15IO5/c1-3-22-15-9-11(10-19)8-14(18)16(15)23-17(20)12-4-6-13(21-2)7-5-12/h4-10H,3H2,1-2H3. The summed E-state index contributed by atoms with van der Waals surface area (Å²) < 4.78 is 16.6. The SMILES string of the molecule is CCOc1cc(C=O)cc(I)c1OC(=O)c1ccc(OC)cc1. The van der Waals surface area contributed by atoms with Crippen LogP contribution in [0.4, 0.5) is 0 Å². The first-order chi connectivity index (χ1) is 11.1. The molecule has 0 heterocycles. The molecule has 2 rings (SSSR count). The number of rotatable bonds is 6. The Labute approximate surface area is 147 Å². The minimum atomic E-state index is -0.509. The normalized spacial score (nSPS) is 10.0. The molecule has 0 unspecified atom stereocenters. The van der Waals surface area contributed by atoms with Gasteiger partial charge in [-0.15, -0.1) is 0 Å². The van der Waals surface area contributed by atoms with Gasteiger partial charge in [-0.1, -0.05) is 0 Å². The predicted molar refractivity (Wildman–Crippen MR) is 93.7 cm³/mol. The fourth-order valence-electron chi connectivity index (χ4n) is 1.90. The fraction of sp³-hybridized carbons (Fsp3) is 0.176. The fourth-order valence-corrected chi connectivity index (χ4v) is 2.63. The second-order valence-electron chi connectivity index (χ2n) is 4.50. The molecule has 6 heteroatoms. The highest BCUT2D eigenvalue weighted by Crippen LogP contribution is 2.34. The topological polar surface area (TPSA) is 61.8 Å². The lowest BCUT2D eigenvalue weighted by atomic mass is 10.2. The van der Waals surface area contributed by atoms with E-state index in [1.807, 2.05) is 29.5 Å². The number of carbonyl (C=O) groups excluding carboxylic acids is 2. The number of aldehydes is 1. The summed E-state index contributed by atoms with van der Waals surface area (Å²) in [4.78, 5) is 23.2. The van der Waals surface area contributed by atoms with Crippen molar-refractivity contribution in [2.45, 2.75) is 6.92 Å². The second kappa shape index (κ2) is 7.96. The van der Waals surface area contributed by atoms with Gasteiger partial charge in [-0.25, -0.2) is 4.79 Å². The van der Waals surface area contributed by atoms with Crippen LogP contribution in [0, 0.1) is 3.57 Å². The van der Waals surface area contributed by atoms with Gasteiger partial charge in [-0.2, -0.15) is 0 Å². The van der Waals surface area contributed by atoms with Crippen molar-refractivity contribution >= 4 is 34.8 Å². The Kier molecular flexibility index (Phi) is 5.97. The van der Waals surface area contributed by atoms with Gasteiger partial charge < -0.3 is 14.2 Å². The second-order valence-corrected chi connectivity index (χ2v) is 5.66. The molecule has 0 bridgehead atoms. The lowest BCUT2D eigenvalue weighted by Crippen LogP contribution is -2.11. The third kappa shape index (κ3) is 4.22. The van der Waals surface area contributed by atoms with Gasteiger partial charge in [0.05, 0.1) is 22.9 Å². The summed E-state index contributed by atoms with van der Waals surface area (Å²) >= 11 is 2.00. The van der Waals surface area contributed by atoms with Gasteiger partial charge in [-0.3, -0.25) is 4.79 Å². The van der Waals surface area contributed by atoms with Crippen LogP contribution < -0.4 is 14.2 Å². The highest BCUT2D eigenvalue weighted by atomic mass is 127. The van der Waals surface area contributed by atoms with E-state index < -0.39 is 5.97 Å². The van der Waals surface area contributed by atoms with Crippen LogP contribution in [0.2, 0.25) is 0 Å². The maximum absolute atomic E-state index is 12.3. The van der Waals surface area contributed by atoms with Gasteiger partial charge in [0.1, 0.15) is 12.0 Å². The summed E-state index contributed by atoms with van der Waals surface area (Å²) in [5.41, 5.74) is 0.852. The Morgan fingerprint density at radius 1 is 1.22 bits per heavy atom. The monoisotopic (exact) mass is 426 g/mol. The molecule has 0 N–H and O–H groups in total. The number of hydrogen-bond acceptors (Lipinski definition) is 5. The number of carbonyl (C=O) groups is 2. The highest BCUT2D eigenvalue weighted by Gasteiger charge is 2.17. The summed E-state index contributed by atoms with van der Waals surface area (Å²) in [5.74, 6) is 0.814. The third-order valence-corrected chi connectivity index (χ3v) is 3.79. The van der Waals surface area contributed by atoms with Crippen molar-refractivity contribution in [1.29, 1.82) is 0 Å². The van der Waals surface area contributed by atoms with Crippen LogP contribution in [0.3, 0.4) is 0 Å². The first kappa shape index (κ1) is 17.3. The Morgan fingerprint density at radius 3 is 2.48 bits per heavy atom. The Morgan fingerprint density at radius 2 is 1.91 bits per heavy atom. The van der Waals surface area contributed by atoms with Crippen LogP contribution in [0.1, 0.15) is 27.6 Å². The lowest BCUT2D eigenvalue weighted by molar-refractivity contribution is 0.0727.